The number of para-hydroxylation sites is 5. The average Bonchev–Trinajstić information content (AvgIpc) is 1.60. The number of fused-ring (bicyclic) bond motifs is 18. The molecule has 0 bridgehead atoms. The summed E-state index contributed by atoms with van der Waals surface area (Å²) in [7, 11) is 0. The van der Waals surface area contributed by atoms with Gasteiger partial charge in [0.05, 0.1) is 22.1 Å². The first-order chi connectivity index (χ1) is 46.6. The smallest absolute Gasteiger partial charge is 0.136 e. The number of halogens is 5. The van der Waals surface area contributed by atoms with E-state index in [4.69, 9.17) is 8.83 Å². The van der Waals surface area contributed by atoms with Crippen LogP contribution in [0.5, 0.6) is 0 Å². The summed E-state index contributed by atoms with van der Waals surface area (Å²) in [6, 6.07) is 109. The Hall–Kier alpha value is -8.88. The maximum atomic E-state index is 5.70. The Morgan fingerprint density at radius 3 is 1.23 bits per heavy atom. The Morgan fingerprint density at radius 2 is 0.589 bits per heavy atom. The van der Waals surface area contributed by atoms with Gasteiger partial charge in [-0.25, -0.2) is 0 Å². The van der Waals surface area contributed by atoms with Crippen LogP contribution in [-0.4, -0.2) is 9.13 Å². The maximum absolute atomic E-state index is 5.70. The van der Waals surface area contributed by atoms with Gasteiger partial charge >= 0.3 is 0 Å². The van der Waals surface area contributed by atoms with Crippen LogP contribution in [0.1, 0.15) is 0 Å². The molecule has 0 atom stereocenters. The number of thiophene rings is 2. The van der Waals surface area contributed by atoms with Gasteiger partial charge in [-0.15, -0.1) is 22.7 Å². The standard InChI is InChI=1S/C36H23BrN2.2C12H7BrO.2C12H7BrS/c37-26-17-18-30-32-22-25(16-20-35(32)39(36(30)23-26)28-11-5-2-6-12-28)24-15-19-34-31(21-24)29-13-7-8-14-33(29)38(34)27-9-3-1-4-10-27;13-8-5-6-12-10(7-8)9-3-1-2-4-11(9)14-12;13-8-5-6-10-9-3-1-2-4-11(9)14-12(10)7-8;13-8-5-6-12-10(7-8)9-3-1-2-4-11(9)14-12;13-8-5-6-10-9-3-1-2-4-11(9)14-12(10)7-8/h1-23H;4*1-7H. The molecule has 0 fully saturated rings. The molecule has 0 aliphatic heterocycles. The predicted molar refractivity (Wildman–Crippen MR) is 425 cm³/mol. The van der Waals surface area contributed by atoms with Crippen LogP contribution >= 0.6 is 102 Å². The monoisotopic (exact) mass is 1580 g/mol. The highest BCUT2D eigenvalue weighted by atomic mass is 79.9. The summed E-state index contributed by atoms with van der Waals surface area (Å²) in [5.41, 5.74) is 13.4. The summed E-state index contributed by atoms with van der Waals surface area (Å²) in [4.78, 5) is 0. The van der Waals surface area contributed by atoms with Gasteiger partial charge in [-0.2, -0.15) is 0 Å². The number of hydrogen-bond acceptors (Lipinski definition) is 4. The lowest BCUT2D eigenvalue weighted by Gasteiger charge is -2.09. The lowest BCUT2D eigenvalue weighted by molar-refractivity contribution is 0.668. The highest BCUT2D eigenvalue weighted by Gasteiger charge is 2.17. The molecule has 20 aromatic rings. The molecule has 0 amide bonds. The number of aromatic nitrogens is 2. The van der Waals surface area contributed by atoms with Crippen LogP contribution in [0.2, 0.25) is 0 Å². The van der Waals surface area contributed by atoms with Crippen molar-refractivity contribution in [2.75, 3.05) is 0 Å². The summed E-state index contributed by atoms with van der Waals surface area (Å²) < 4.78 is 27.0. The topological polar surface area (TPSA) is 36.1 Å². The van der Waals surface area contributed by atoms with Gasteiger partial charge in [-0.05, 0) is 169 Å². The normalized spacial score (nSPS) is 11.4. The Bertz CT molecular complexity index is 6030. The van der Waals surface area contributed by atoms with Crippen molar-refractivity contribution in [1.82, 2.24) is 9.13 Å². The molecule has 0 unspecified atom stereocenters. The summed E-state index contributed by atoms with van der Waals surface area (Å²) in [6.07, 6.45) is 0. The fourth-order valence-electron chi connectivity index (χ4n) is 12.8. The molecule has 0 N–H and O–H groups in total. The molecule has 6 aromatic heterocycles. The number of rotatable bonds is 3. The van der Waals surface area contributed by atoms with Gasteiger partial charge in [0, 0.05) is 117 Å². The molecule has 4 nitrogen and oxygen atoms in total. The molecule has 11 heteroatoms. The third kappa shape index (κ3) is 12.0. The molecule has 95 heavy (non-hydrogen) atoms. The third-order valence-corrected chi connectivity index (χ3v) is 21.9. The van der Waals surface area contributed by atoms with Crippen molar-refractivity contribution in [3.05, 3.63) is 332 Å². The molecule has 0 spiro atoms. The van der Waals surface area contributed by atoms with Crippen molar-refractivity contribution in [2.45, 2.75) is 0 Å². The van der Waals surface area contributed by atoms with Gasteiger partial charge < -0.3 is 18.0 Å². The SMILES string of the molecule is Brc1ccc2c(c1)oc1ccccc12.Brc1ccc2c(c1)sc1ccccc12.Brc1ccc2c3cc(-c4ccc5c(c4)c4ccccc4n5-c4ccccc4)ccc3n(-c3ccccc3)c2c1.Brc1ccc2oc3ccccc3c2c1.Brc1ccc2sc3ccccc3c2c1. The molecule has 0 aliphatic carbocycles. The summed E-state index contributed by atoms with van der Waals surface area (Å²) in [6.45, 7) is 0. The molecule has 0 saturated heterocycles. The van der Waals surface area contributed by atoms with Crippen molar-refractivity contribution >= 4 is 230 Å². The largest absolute Gasteiger partial charge is 0.456 e. The van der Waals surface area contributed by atoms with Gasteiger partial charge in [-0.3, -0.25) is 0 Å². The fraction of sp³-hybridized carbons (Fsp3) is 0. The van der Waals surface area contributed by atoms with Crippen molar-refractivity contribution in [3.63, 3.8) is 0 Å². The first kappa shape index (κ1) is 61.0. The summed E-state index contributed by atoms with van der Waals surface area (Å²) in [5, 5.41) is 15.1. The summed E-state index contributed by atoms with van der Waals surface area (Å²) in [5.74, 6) is 0. The van der Waals surface area contributed by atoms with E-state index in [0.717, 1.165) is 50.1 Å². The molecular formula is C84H51Br5N2O2S2. The lowest BCUT2D eigenvalue weighted by atomic mass is 10.0. The van der Waals surface area contributed by atoms with E-state index < -0.39 is 0 Å². The van der Waals surface area contributed by atoms with Crippen LogP contribution in [0.4, 0.5) is 0 Å². The molecule has 14 aromatic carbocycles. The van der Waals surface area contributed by atoms with Crippen molar-refractivity contribution in [2.24, 2.45) is 0 Å². The average molecular weight is 1580 g/mol. The Morgan fingerprint density at radius 1 is 0.211 bits per heavy atom. The highest BCUT2D eigenvalue weighted by molar-refractivity contribution is 9.11. The van der Waals surface area contributed by atoms with Gasteiger partial charge in [0.25, 0.3) is 0 Å². The number of benzene rings is 14. The van der Waals surface area contributed by atoms with Crippen LogP contribution in [0.3, 0.4) is 0 Å². The molecular weight excluding hydrogens is 1530 g/mol. The zero-order chi connectivity index (χ0) is 64.1. The second-order valence-electron chi connectivity index (χ2n) is 22.9. The van der Waals surface area contributed by atoms with Gasteiger partial charge in [-0.1, -0.05) is 231 Å². The second-order valence-corrected chi connectivity index (χ2v) is 29.7. The molecule has 0 radical (unpaired) electrons. The van der Waals surface area contributed by atoms with Crippen LogP contribution in [0.25, 0.3) is 150 Å². The fourth-order valence-corrected chi connectivity index (χ4v) is 17.0. The van der Waals surface area contributed by atoms with Crippen molar-refractivity contribution in [1.29, 1.82) is 0 Å². The van der Waals surface area contributed by atoms with E-state index in [2.05, 4.69) is 338 Å². The van der Waals surface area contributed by atoms with Crippen molar-refractivity contribution < 1.29 is 8.83 Å². The van der Waals surface area contributed by atoms with Gasteiger partial charge in [0.2, 0.25) is 0 Å². The minimum absolute atomic E-state index is 0.931. The second kappa shape index (κ2) is 26.4. The van der Waals surface area contributed by atoms with Crippen LogP contribution in [0, 0.1) is 0 Å². The Kier molecular flexibility index (Phi) is 16.9. The minimum atomic E-state index is 0.931. The van der Waals surface area contributed by atoms with Crippen LogP contribution in [-0.2, 0) is 0 Å². The van der Waals surface area contributed by atoms with E-state index in [1.54, 1.807) is 0 Å². The van der Waals surface area contributed by atoms with E-state index in [1.165, 1.54) is 123 Å². The number of nitrogens with zero attached hydrogens (tertiary/aromatic N) is 2. The van der Waals surface area contributed by atoms with E-state index in [0.29, 0.717) is 0 Å². The van der Waals surface area contributed by atoms with Gasteiger partial charge in [0.15, 0.2) is 0 Å². The molecule has 456 valence electrons. The van der Waals surface area contributed by atoms with E-state index >= 15 is 0 Å². The minimum Gasteiger partial charge on any atom is -0.456 e. The van der Waals surface area contributed by atoms with Crippen molar-refractivity contribution in [3.8, 4) is 22.5 Å². The van der Waals surface area contributed by atoms with Crippen LogP contribution < -0.4 is 0 Å². The highest BCUT2D eigenvalue weighted by Crippen LogP contribution is 2.41. The summed E-state index contributed by atoms with van der Waals surface area (Å²) >= 11 is 21.3. The number of furan rings is 2. The Balaban J connectivity index is 0.000000104. The molecule has 0 aliphatic rings. The van der Waals surface area contributed by atoms with Gasteiger partial charge in [0.1, 0.15) is 22.3 Å². The first-order valence-electron chi connectivity index (χ1n) is 30.8. The zero-order valence-electron chi connectivity index (χ0n) is 50.4. The van der Waals surface area contributed by atoms with E-state index in [1.807, 2.05) is 83.3 Å². The molecule has 0 saturated carbocycles. The number of hydrogen-bond donors (Lipinski definition) is 0. The van der Waals surface area contributed by atoms with E-state index in [9.17, 15) is 0 Å². The molecule has 20 rings (SSSR count). The lowest BCUT2D eigenvalue weighted by Crippen LogP contribution is -1.93. The first-order valence-corrected chi connectivity index (χ1v) is 36.4. The van der Waals surface area contributed by atoms with E-state index in [-0.39, 0.29) is 0 Å². The quantitative estimate of drug-likeness (QED) is 0.177. The van der Waals surface area contributed by atoms with Crippen LogP contribution in [0.15, 0.2) is 341 Å². The Labute approximate surface area is 596 Å². The molecule has 6 heterocycles. The predicted octanol–water partition coefficient (Wildman–Crippen LogP) is 28.6. The zero-order valence-corrected chi connectivity index (χ0v) is 59.9. The maximum Gasteiger partial charge on any atom is 0.136 e. The third-order valence-electron chi connectivity index (χ3n) is 17.1.